The molecule has 21 heavy (non-hydrogen) atoms. The van der Waals surface area contributed by atoms with Gasteiger partial charge in [0.05, 0.1) is 32.5 Å². The number of esters is 1. The van der Waals surface area contributed by atoms with Crippen LogP contribution in [0.2, 0.25) is 0 Å². The summed E-state index contributed by atoms with van der Waals surface area (Å²) in [7, 11) is -3.33. The van der Waals surface area contributed by atoms with E-state index >= 15 is 0 Å². The molecule has 0 fully saturated rings. The lowest BCUT2D eigenvalue weighted by Crippen LogP contribution is -2.07. The van der Waals surface area contributed by atoms with Crippen molar-refractivity contribution in [2.45, 2.75) is 33.5 Å². The molecule has 1 aromatic heterocycles. The summed E-state index contributed by atoms with van der Waals surface area (Å²) in [6.45, 7) is 5.96. The maximum absolute atomic E-state index is 12.5. The zero-order valence-corrected chi connectivity index (χ0v) is 13.5. The Bertz CT molecular complexity index is 503. The lowest BCUT2D eigenvalue weighted by atomic mass is 10.2. The highest BCUT2D eigenvalue weighted by Crippen LogP contribution is 2.52. The molecule has 0 radical (unpaired) electrons. The van der Waals surface area contributed by atoms with Crippen LogP contribution < -0.4 is 5.73 Å². The van der Waals surface area contributed by atoms with Gasteiger partial charge < -0.3 is 23.9 Å². The van der Waals surface area contributed by atoms with Crippen LogP contribution in [-0.2, 0) is 31.1 Å². The maximum atomic E-state index is 12.5. The van der Waals surface area contributed by atoms with Crippen LogP contribution in [-0.4, -0.2) is 25.8 Å². The van der Waals surface area contributed by atoms with Crippen LogP contribution in [0.25, 0.3) is 0 Å². The monoisotopic (exact) mass is 319 g/mol. The second kappa shape index (κ2) is 8.34. The molecule has 0 aromatic carbocycles. The number of hydrogen-bond acceptors (Lipinski definition) is 7. The molecule has 1 rings (SSSR count). The Morgan fingerprint density at radius 1 is 1.24 bits per heavy atom. The van der Waals surface area contributed by atoms with Gasteiger partial charge in [0, 0.05) is 5.56 Å². The Kier molecular flexibility index (Phi) is 7.11. The van der Waals surface area contributed by atoms with E-state index in [0.29, 0.717) is 11.3 Å². The highest BCUT2D eigenvalue weighted by atomic mass is 31.2. The molecule has 0 spiro atoms. The minimum absolute atomic E-state index is 0.00284. The van der Waals surface area contributed by atoms with Crippen molar-refractivity contribution in [2.75, 3.05) is 19.8 Å². The Labute approximate surface area is 124 Å². The molecular weight excluding hydrogens is 297 g/mol. The molecule has 0 aliphatic carbocycles. The molecule has 2 N–H and O–H groups in total. The molecule has 0 aliphatic heterocycles. The summed E-state index contributed by atoms with van der Waals surface area (Å²) >= 11 is 0. The van der Waals surface area contributed by atoms with E-state index in [9.17, 15) is 9.36 Å². The highest BCUT2D eigenvalue weighted by Gasteiger charge is 2.29. The van der Waals surface area contributed by atoms with Crippen LogP contribution in [0.3, 0.4) is 0 Å². The van der Waals surface area contributed by atoms with E-state index in [1.807, 2.05) is 0 Å². The number of carbonyl (C=O) groups excluding carboxylic acids is 1. The van der Waals surface area contributed by atoms with E-state index < -0.39 is 13.6 Å². The van der Waals surface area contributed by atoms with Crippen molar-refractivity contribution in [1.82, 2.24) is 0 Å². The van der Waals surface area contributed by atoms with E-state index in [0.717, 1.165) is 0 Å². The number of ether oxygens (including phenoxy) is 1. The van der Waals surface area contributed by atoms with Gasteiger partial charge in [0.25, 0.3) is 0 Å². The first-order chi connectivity index (χ1) is 9.99. The van der Waals surface area contributed by atoms with Gasteiger partial charge in [-0.3, -0.25) is 4.57 Å². The molecule has 1 heterocycles. The second-order valence-corrected chi connectivity index (χ2v) is 6.15. The van der Waals surface area contributed by atoms with Gasteiger partial charge in [-0.25, -0.2) is 4.79 Å². The third-order valence-corrected chi connectivity index (χ3v) is 4.57. The van der Waals surface area contributed by atoms with Crippen LogP contribution >= 0.6 is 7.60 Å². The first kappa shape index (κ1) is 17.9. The lowest BCUT2D eigenvalue weighted by molar-refractivity contribution is 0.0486. The Hall–Kier alpha value is -1.14. The molecule has 0 bridgehead atoms. The summed E-state index contributed by atoms with van der Waals surface area (Å²) < 4.78 is 33.2. The minimum Gasteiger partial charge on any atom is -0.460 e. The SMILES string of the molecule is CCOC(=O)c1oc(CN)cc1CP(=O)(OCC)OCC. The average molecular weight is 319 g/mol. The van der Waals surface area contributed by atoms with Gasteiger partial charge >= 0.3 is 13.6 Å². The zero-order chi connectivity index (χ0) is 15.9. The van der Waals surface area contributed by atoms with Crippen LogP contribution in [0.4, 0.5) is 0 Å². The van der Waals surface area contributed by atoms with Crippen molar-refractivity contribution >= 4 is 13.6 Å². The van der Waals surface area contributed by atoms with Gasteiger partial charge in [0.15, 0.2) is 0 Å². The number of carbonyl (C=O) groups is 1. The van der Waals surface area contributed by atoms with Crippen molar-refractivity contribution in [3.63, 3.8) is 0 Å². The van der Waals surface area contributed by atoms with Gasteiger partial charge in [-0.1, -0.05) is 0 Å². The summed E-state index contributed by atoms with van der Waals surface area (Å²) in [4.78, 5) is 11.9. The molecule has 0 atom stereocenters. The van der Waals surface area contributed by atoms with Crippen molar-refractivity contribution in [1.29, 1.82) is 0 Å². The van der Waals surface area contributed by atoms with E-state index in [-0.39, 0.29) is 38.3 Å². The molecule has 0 aliphatic rings. The Morgan fingerprint density at radius 2 is 1.86 bits per heavy atom. The van der Waals surface area contributed by atoms with Crippen molar-refractivity contribution in [3.05, 3.63) is 23.2 Å². The normalized spacial score (nSPS) is 11.6. The van der Waals surface area contributed by atoms with Gasteiger partial charge in [0.1, 0.15) is 5.76 Å². The number of furan rings is 1. The first-order valence-corrected chi connectivity index (χ1v) is 8.59. The standard InChI is InChI=1S/C13H22NO6P/c1-4-17-13(15)12-10(7-11(8-14)20-12)9-21(16,18-5-2)19-6-3/h7H,4-6,8-9,14H2,1-3H3. The average Bonchev–Trinajstić information content (AvgIpc) is 2.82. The zero-order valence-electron chi connectivity index (χ0n) is 12.6. The largest absolute Gasteiger partial charge is 0.460 e. The van der Waals surface area contributed by atoms with E-state index in [1.165, 1.54) is 0 Å². The molecular formula is C13H22NO6P. The van der Waals surface area contributed by atoms with Crippen LogP contribution in [0.1, 0.15) is 42.6 Å². The third-order valence-electron chi connectivity index (χ3n) is 2.54. The first-order valence-electron chi connectivity index (χ1n) is 6.86. The number of rotatable bonds is 9. The van der Waals surface area contributed by atoms with E-state index in [4.69, 9.17) is 23.9 Å². The predicted molar refractivity (Wildman–Crippen MR) is 77.1 cm³/mol. The van der Waals surface area contributed by atoms with Gasteiger partial charge in [-0.2, -0.15) is 0 Å². The quantitative estimate of drug-likeness (QED) is 0.551. The number of hydrogen-bond donors (Lipinski definition) is 1. The molecule has 1 aromatic rings. The molecule has 120 valence electrons. The summed E-state index contributed by atoms with van der Waals surface area (Å²) in [5.41, 5.74) is 5.93. The molecule has 0 saturated heterocycles. The summed E-state index contributed by atoms with van der Waals surface area (Å²) in [5.74, 6) is -0.212. The summed E-state index contributed by atoms with van der Waals surface area (Å²) in [6.07, 6.45) is -0.0632. The molecule has 0 unspecified atom stereocenters. The predicted octanol–water partition coefficient (Wildman–Crippen LogP) is 2.68. The van der Waals surface area contributed by atoms with Crippen molar-refractivity contribution < 1.29 is 27.6 Å². The Morgan fingerprint density at radius 3 is 2.33 bits per heavy atom. The molecule has 8 heteroatoms. The third kappa shape index (κ3) is 4.97. The smallest absolute Gasteiger partial charge is 0.374 e. The van der Waals surface area contributed by atoms with Crippen LogP contribution in [0.5, 0.6) is 0 Å². The fourth-order valence-corrected chi connectivity index (χ4v) is 3.50. The maximum Gasteiger partial charge on any atom is 0.374 e. The molecule has 7 nitrogen and oxygen atoms in total. The minimum atomic E-state index is -3.33. The van der Waals surface area contributed by atoms with Crippen LogP contribution in [0.15, 0.2) is 10.5 Å². The summed E-state index contributed by atoms with van der Waals surface area (Å²) in [6, 6.07) is 1.58. The number of nitrogens with two attached hydrogens (primary N) is 1. The van der Waals surface area contributed by atoms with Gasteiger partial charge in [-0.05, 0) is 26.8 Å². The van der Waals surface area contributed by atoms with E-state index in [1.54, 1.807) is 26.8 Å². The van der Waals surface area contributed by atoms with E-state index in [2.05, 4.69) is 0 Å². The van der Waals surface area contributed by atoms with Crippen molar-refractivity contribution in [2.24, 2.45) is 5.73 Å². The molecule has 0 saturated carbocycles. The van der Waals surface area contributed by atoms with Crippen LogP contribution in [0, 0.1) is 0 Å². The fraction of sp³-hybridized carbons (Fsp3) is 0.615. The molecule has 0 amide bonds. The van der Waals surface area contributed by atoms with Gasteiger partial charge in [0.2, 0.25) is 5.76 Å². The van der Waals surface area contributed by atoms with Crippen molar-refractivity contribution in [3.8, 4) is 0 Å². The highest BCUT2D eigenvalue weighted by molar-refractivity contribution is 7.53. The lowest BCUT2D eigenvalue weighted by Gasteiger charge is -2.16. The second-order valence-electron chi connectivity index (χ2n) is 4.10. The fourth-order valence-electron chi connectivity index (χ4n) is 1.80. The Balaban J connectivity index is 3.07. The topological polar surface area (TPSA) is 101 Å². The summed E-state index contributed by atoms with van der Waals surface area (Å²) in [5, 5.41) is 0. The van der Waals surface area contributed by atoms with Gasteiger partial charge in [-0.15, -0.1) is 0 Å².